The summed E-state index contributed by atoms with van der Waals surface area (Å²) in [7, 11) is 0. The molecule has 40 heavy (non-hydrogen) atoms. The Morgan fingerprint density at radius 2 is 2.08 bits per heavy atom. The smallest absolute Gasteiger partial charge is 0.329 e. The molecule has 2 amide bonds. The lowest BCUT2D eigenvalue weighted by Gasteiger charge is -2.39. The normalized spacial score (nSPS) is 30.1. The first-order valence-electron chi connectivity index (χ1n) is 14.6. The molecule has 2 bridgehead atoms. The van der Waals surface area contributed by atoms with Crippen LogP contribution in [0.5, 0.6) is 0 Å². The molecule has 3 aliphatic carbocycles. The van der Waals surface area contributed by atoms with Gasteiger partial charge in [-0.25, -0.2) is 4.79 Å². The standard InChI is InChI=1S/C31H42N2O5S2/c1-30(2)21-13-14-31(30,3)25(18-21)38-29(37)23-11-7-15-33(23)28(36)22(19-40-26-12-8-16-39-26)32-27(35)24(34)17-20-9-5-4-6-10-20/h5,8-10,12,16,21-25,34H,4,6-7,11,13-15,17-19H2,1-3H3,(H,32,35). The highest BCUT2D eigenvalue weighted by atomic mass is 32.2. The summed E-state index contributed by atoms with van der Waals surface area (Å²) in [6.45, 7) is 7.27. The topological polar surface area (TPSA) is 95.9 Å². The summed E-state index contributed by atoms with van der Waals surface area (Å²) in [5.74, 6) is -0.320. The lowest BCUT2D eigenvalue weighted by Crippen LogP contribution is -2.55. The van der Waals surface area contributed by atoms with Crippen LogP contribution in [0.4, 0.5) is 0 Å². The number of carbonyl (C=O) groups excluding carboxylic acids is 3. The molecule has 7 nitrogen and oxygen atoms in total. The van der Waals surface area contributed by atoms with E-state index in [0.717, 1.165) is 35.5 Å². The number of nitrogens with zero attached hydrogens (tertiary/aromatic N) is 1. The lowest BCUT2D eigenvalue weighted by atomic mass is 9.70. The van der Waals surface area contributed by atoms with Gasteiger partial charge in [0.2, 0.25) is 11.8 Å². The first-order valence-corrected chi connectivity index (χ1v) is 16.5. The molecule has 1 saturated heterocycles. The van der Waals surface area contributed by atoms with E-state index in [1.54, 1.807) is 16.2 Å². The Labute approximate surface area is 245 Å². The van der Waals surface area contributed by atoms with Crippen molar-refractivity contribution in [3.8, 4) is 0 Å². The summed E-state index contributed by atoms with van der Waals surface area (Å²) in [4.78, 5) is 42.0. The highest BCUT2D eigenvalue weighted by Crippen LogP contribution is 2.66. The van der Waals surface area contributed by atoms with Crippen LogP contribution in [0.1, 0.15) is 72.1 Å². The molecule has 3 fully saturated rings. The van der Waals surface area contributed by atoms with Gasteiger partial charge in [-0.3, -0.25) is 9.59 Å². The van der Waals surface area contributed by atoms with Crippen LogP contribution in [0.2, 0.25) is 0 Å². The van der Waals surface area contributed by atoms with E-state index in [2.05, 4.69) is 26.1 Å². The molecule has 1 aromatic rings. The SMILES string of the molecule is CC1(C)C2CCC1(C)C(OC(=O)C1CCCN1C(=O)C(CSc1cccs1)NC(=O)C(O)CC1=CCCC=C1)C2. The minimum atomic E-state index is -1.25. The Bertz CT molecular complexity index is 1160. The van der Waals surface area contributed by atoms with E-state index in [9.17, 15) is 19.5 Å². The maximum Gasteiger partial charge on any atom is 0.329 e. The van der Waals surface area contributed by atoms with Crippen molar-refractivity contribution in [2.45, 2.75) is 101 Å². The minimum Gasteiger partial charge on any atom is -0.460 e. The predicted octanol–water partition coefficient (Wildman–Crippen LogP) is 5.10. The number of esters is 1. The molecule has 218 valence electrons. The average molecular weight is 587 g/mol. The zero-order valence-electron chi connectivity index (χ0n) is 23.8. The van der Waals surface area contributed by atoms with Gasteiger partial charge in [0, 0.05) is 24.1 Å². The molecule has 6 unspecified atom stereocenters. The Balaban J connectivity index is 1.26. The third-order valence-corrected chi connectivity index (χ3v) is 12.3. The van der Waals surface area contributed by atoms with Gasteiger partial charge in [-0.1, -0.05) is 45.1 Å². The zero-order valence-corrected chi connectivity index (χ0v) is 25.4. The fourth-order valence-corrected chi connectivity index (χ4v) is 8.91. The van der Waals surface area contributed by atoms with Crippen LogP contribution >= 0.6 is 23.1 Å². The number of thiophene rings is 1. The summed E-state index contributed by atoms with van der Waals surface area (Å²) in [6, 6.07) is 2.41. The number of allylic oxidation sites excluding steroid dienone is 3. The Kier molecular flexibility index (Phi) is 8.83. The van der Waals surface area contributed by atoms with E-state index in [4.69, 9.17) is 4.74 Å². The quantitative estimate of drug-likeness (QED) is 0.293. The maximum absolute atomic E-state index is 13.9. The van der Waals surface area contributed by atoms with Crippen molar-refractivity contribution >= 4 is 40.9 Å². The van der Waals surface area contributed by atoms with Gasteiger partial charge >= 0.3 is 5.97 Å². The van der Waals surface area contributed by atoms with Gasteiger partial charge in [0.05, 0.1) is 4.21 Å². The number of hydrogen-bond acceptors (Lipinski definition) is 7. The number of rotatable bonds is 10. The first kappa shape index (κ1) is 29.4. The van der Waals surface area contributed by atoms with Gasteiger partial charge in [0.15, 0.2) is 0 Å². The van der Waals surface area contributed by atoms with E-state index in [-0.39, 0.29) is 35.2 Å². The van der Waals surface area contributed by atoms with Crippen molar-refractivity contribution in [3.63, 3.8) is 0 Å². The van der Waals surface area contributed by atoms with Crippen LogP contribution in [0.15, 0.2) is 45.5 Å². The molecule has 2 heterocycles. The number of aliphatic hydroxyl groups is 1. The van der Waals surface area contributed by atoms with Crippen molar-refractivity contribution in [1.82, 2.24) is 10.2 Å². The molecule has 9 heteroatoms. The van der Waals surface area contributed by atoms with E-state index in [0.29, 0.717) is 31.1 Å². The molecule has 0 spiro atoms. The molecule has 2 N–H and O–H groups in total. The summed E-state index contributed by atoms with van der Waals surface area (Å²) < 4.78 is 7.21. The zero-order chi connectivity index (χ0) is 28.5. The number of amides is 2. The van der Waals surface area contributed by atoms with Crippen LogP contribution in [0.25, 0.3) is 0 Å². The van der Waals surface area contributed by atoms with E-state index in [1.165, 1.54) is 18.2 Å². The molecule has 1 aliphatic heterocycles. The van der Waals surface area contributed by atoms with Gasteiger partial charge < -0.3 is 20.1 Å². The van der Waals surface area contributed by atoms with Crippen LogP contribution in [0.3, 0.4) is 0 Å². The lowest BCUT2D eigenvalue weighted by molar-refractivity contribution is -0.165. The van der Waals surface area contributed by atoms with Gasteiger partial charge in [0.1, 0.15) is 24.3 Å². The molecule has 0 aromatic carbocycles. The maximum atomic E-state index is 13.9. The summed E-state index contributed by atoms with van der Waals surface area (Å²) in [5, 5.41) is 15.4. The fraction of sp³-hybridized carbons (Fsp3) is 0.645. The molecule has 4 aliphatic rings. The minimum absolute atomic E-state index is 0.0479. The van der Waals surface area contributed by atoms with Gasteiger partial charge in [-0.15, -0.1) is 23.1 Å². The molecular weight excluding hydrogens is 544 g/mol. The molecular formula is C31H42N2O5S2. The summed E-state index contributed by atoms with van der Waals surface area (Å²) in [6.07, 6.45) is 11.1. The van der Waals surface area contributed by atoms with Gasteiger partial charge in [-0.2, -0.15) is 0 Å². The van der Waals surface area contributed by atoms with E-state index in [1.807, 2.05) is 35.7 Å². The number of hydrogen-bond donors (Lipinski definition) is 2. The number of ether oxygens (including phenoxy) is 1. The van der Waals surface area contributed by atoms with E-state index >= 15 is 0 Å². The predicted molar refractivity (Wildman–Crippen MR) is 158 cm³/mol. The van der Waals surface area contributed by atoms with E-state index < -0.39 is 24.1 Å². The second kappa shape index (κ2) is 12.0. The van der Waals surface area contributed by atoms with Crippen molar-refractivity contribution in [3.05, 3.63) is 41.3 Å². The second-order valence-corrected chi connectivity index (χ2v) is 14.8. The highest BCUT2D eigenvalue weighted by Gasteiger charge is 2.63. The van der Waals surface area contributed by atoms with Crippen molar-refractivity contribution < 1.29 is 24.2 Å². The Morgan fingerprint density at radius 3 is 2.73 bits per heavy atom. The number of aliphatic hydroxyl groups excluding tert-OH is 1. The third-order valence-electron chi connectivity index (χ3n) is 10.1. The first-order chi connectivity index (χ1) is 19.1. The summed E-state index contributed by atoms with van der Waals surface area (Å²) >= 11 is 3.06. The molecule has 5 rings (SSSR count). The highest BCUT2D eigenvalue weighted by molar-refractivity contribution is 8.01. The fourth-order valence-electron chi connectivity index (χ4n) is 7.09. The molecule has 6 atom stereocenters. The largest absolute Gasteiger partial charge is 0.460 e. The number of fused-ring (bicyclic) bond motifs is 2. The number of likely N-dealkylation sites (tertiary alicyclic amines) is 1. The van der Waals surface area contributed by atoms with Crippen LogP contribution in [-0.4, -0.2) is 64.4 Å². The van der Waals surface area contributed by atoms with Crippen molar-refractivity contribution in [1.29, 1.82) is 0 Å². The number of carbonyl (C=O) groups is 3. The van der Waals surface area contributed by atoms with Crippen molar-refractivity contribution in [2.24, 2.45) is 16.7 Å². The molecule has 1 aromatic heterocycles. The monoisotopic (exact) mass is 586 g/mol. The number of nitrogens with one attached hydrogen (secondary N) is 1. The summed E-state index contributed by atoms with van der Waals surface area (Å²) in [5.41, 5.74) is 1.000. The average Bonchev–Trinajstić information content (AvgIpc) is 3.71. The van der Waals surface area contributed by atoms with Crippen LogP contribution < -0.4 is 5.32 Å². The van der Waals surface area contributed by atoms with Crippen molar-refractivity contribution in [2.75, 3.05) is 12.3 Å². The van der Waals surface area contributed by atoms with Gasteiger partial charge in [-0.05, 0) is 73.3 Å². The van der Waals surface area contributed by atoms with Gasteiger partial charge in [0.25, 0.3) is 0 Å². The number of thioether (sulfide) groups is 1. The molecule has 2 saturated carbocycles. The third kappa shape index (κ3) is 5.79. The second-order valence-electron chi connectivity index (χ2n) is 12.5. The van der Waals surface area contributed by atoms with Crippen LogP contribution in [-0.2, 0) is 19.1 Å². The Morgan fingerprint density at radius 1 is 1.25 bits per heavy atom. The molecule has 0 radical (unpaired) electrons. The van der Waals surface area contributed by atoms with Crippen LogP contribution in [0, 0.1) is 16.7 Å². The Hall–Kier alpha value is -2.10.